The molecule has 0 saturated carbocycles. The van der Waals surface area contributed by atoms with Crippen LogP contribution in [0.5, 0.6) is 17.2 Å². The minimum atomic E-state index is -0.723. The van der Waals surface area contributed by atoms with E-state index in [9.17, 15) is 0 Å². The van der Waals surface area contributed by atoms with Gasteiger partial charge in [-0.15, -0.1) is 0 Å². The molecule has 2 saturated heterocycles. The number of alkyl halides is 1. The molecule has 4 rings (SSSR count). The van der Waals surface area contributed by atoms with E-state index in [0.717, 1.165) is 21.5 Å². The van der Waals surface area contributed by atoms with E-state index in [1.807, 2.05) is 62.4 Å². The van der Waals surface area contributed by atoms with Crippen molar-refractivity contribution in [3.8, 4) is 17.2 Å². The molecule has 0 radical (unpaired) electrons. The molecule has 0 aliphatic carbocycles. The van der Waals surface area contributed by atoms with Crippen molar-refractivity contribution in [1.82, 2.24) is 0 Å². The lowest BCUT2D eigenvalue weighted by Gasteiger charge is -2.41. The maximum atomic E-state index is 6.35. The molecule has 7 nitrogen and oxygen atoms in total. The first-order chi connectivity index (χ1) is 15.4. The second-order valence-electron chi connectivity index (χ2n) is 8.18. The van der Waals surface area contributed by atoms with Crippen molar-refractivity contribution >= 4 is 22.6 Å². The predicted octanol–water partition coefficient (Wildman–Crippen LogP) is 4.35. The van der Waals surface area contributed by atoms with Gasteiger partial charge in [-0.2, -0.15) is 0 Å². The van der Waals surface area contributed by atoms with Crippen LogP contribution in [0.15, 0.2) is 48.5 Å². The number of ether oxygens (including phenoxy) is 7. The second-order valence-corrected chi connectivity index (χ2v) is 9.06. The van der Waals surface area contributed by atoms with Crippen molar-refractivity contribution in [2.75, 3.05) is 18.6 Å². The third-order valence-electron chi connectivity index (χ3n) is 5.50. The number of hydrogen-bond acceptors (Lipinski definition) is 7. The van der Waals surface area contributed by atoms with E-state index in [4.69, 9.17) is 33.2 Å². The summed E-state index contributed by atoms with van der Waals surface area (Å²) in [6.45, 7) is 4.20. The van der Waals surface area contributed by atoms with Crippen LogP contribution < -0.4 is 14.2 Å². The molecular formula is C24H29IO7. The maximum absolute atomic E-state index is 6.35. The highest BCUT2D eigenvalue weighted by molar-refractivity contribution is 14.1. The zero-order valence-electron chi connectivity index (χ0n) is 18.7. The molecule has 2 aliphatic rings. The molecule has 8 heteroatoms. The van der Waals surface area contributed by atoms with E-state index in [-0.39, 0.29) is 18.3 Å². The topological polar surface area (TPSA) is 64.6 Å². The van der Waals surface area contributed by atoms with Gasteiger partial charge in [-0.05, 0) is 55.8 Å². The van der Waals surface area contributed by atoms with Crippen molar-refractivity contribution in [2.45, 2.75) is 56.9 Å². The third-order valence-corrected chi connectivity index (χ3v) is 6.36. The van der Waals surface area contributed by atoms with Gasteiger partial charge < -0.3 is 33.2 Å². The lowest BCUT2D eigenvalue weighted by molar-refractivity contribution is -0.257. The summed E-state index contributed by atoms with van der Waals surface area (Å²) in [4.78, 5) is 0. The molecular weight excluding hydrogens is 527 g/mol. The normalized spacial score (nSPS) is 28.7. The van der Waals surface area contributed by atoms with Gasteiger partial charge in [-0.25, -0.2) is 0 Å². The molecule has 2 aliphatic heterocycles. The molecule has 0 aromatic heterocycles. The van der Waals surface area contributed by atoms with Gasteiger partial charge in [-0.3, -0.25) is 0 Å². The lowest BCUT2D eigenvalue weighted by Crippen LogP contribution is -2.59. The number of rotatable bonds is 8. The third kappa shape index (κ3) is 5.31. The van der Waals surface area contributed by atoms with Crippen molar-refractivity contribution in [3.05, 3.63) is 54.1 Å². The first-order valence-corrected chi connectivity index (χ1v) is 12.1. The molecule has 2 fully saturated rings. The van der Waals surface area contributed by atoms with Crippen LogP contribution in [-0.2, 0) is 25.6 Å². The highest BCUT2D eigenvalue weighted by Crippen LogP contribution is 2.40. The Labute approximate surface area is 202 Å². The fourth-order valence-corrected chi connectivity index (χ4v) is 4.64. The standard InChI is InChI=1S/C24H29IO7/c1-24(2)31-20-19(13-25)30-23(29-18-11-9-17(27-4)10-12-18)22(21(20)32-24)28-14-15-5-7-16(26-3)8-6-15/h5-12,19-23H,13-14H2,1-4H3/t19-,20+,21+,22-,23-/m1/s1. The maximum Gasteiger partial charge on any atom is 0.229 e. The highest BCUT2D eigenvalue weighted by atomic mass is 127. The first-order valence-electron chi connectivity index (χ1n) is 10.5. The van der Waals surface area contributed by atoms with Gasteiger partial charge in [0.25, 0.3) is 0 Å². The van der Waals surface area contributed by atoms with Crippen LogP contribution in [0.25, 0.3) is 0 Å². The Bertz CT molecular complexity index is 871. The van der Waals surface area contributed by atoms with Crippen LogP contribution in [-0.4, -0.2) is 55.1 Å². The molecule has 2 heterocycles. The summed E-state index contributed by atoms with van der Waals surface area (Å²) in [5.74, 6) is 1.50. The molecule has 32 heavy (non-hydrogen) atoms. The fourth-order valence-electron chi connectivity index (χ4n) is 3.94. The minimum Gasteiger partial charge on any atom is -0.497 e. The summed E-state index contributed by atoms with van der Waals surface area (Å²) in [5.41, 5.74) is 1.01. The van der Waals surface area contributed by atoms with E-state index >= 15 is 0 Å². The average Bonchev–Trinajstić information content (AvgIpc) is 3.13. The van der Waals surface area contributed by atoms with Crippen LogP contribution in [0.3, 0.4) is 0 Å². The van der Waals surface area contributed by atoms with Gasteiger partial charge in [0.1, 0.15) is 35.6 Å². The van der Waals surface area contributed by atoms with E-state index < -0.39 is 18.2 Å². The van der Waals surface area contributed by atoms with Crippen molar-refractivity contribution in [3.63, 3.8) is 0 Å². The van der Waals surface area contributed by atoms with Gasteiger partial charge in [0, 0.05) is 4.43 Å². The Morgan fingerprint density at radius 2 is 1.41 bits per heavy atom. The number of halogens is 1. The molecule has 0 spiro atoms. The van der Waals surface area contributed by atoms with Crippen LogP contribution in [0.4, 0.5) is 0 Å². The Balaban J connectivity index is 1.55. The molecule has 5 atom stereocenters. The van der Waals surface area contributed by atoms with E-state index in [2.05, 4.69) is 22.6 Å². The molecule has 0 bridgehead atoms. The lowest BCUT2D eigenvalue weighted by atomic mass is 9.99. The predicted molar refractivity (Wildman–Crippen MR) is 127 cm³/mol. The van der Waals surface area contributed by atoms with E-state index in [1.165, 1.54) is 0 Å². The fraction of sp³-hybridized carbons (Fsp3) is 0.500. The van der Waals surface area contributed by atoms with Gasteiger partial charge in [0.15, 0.2) is 5.79 Å². The SMILES string of the molecule is COc1ccc(CO[C@H]2[C@H](Oc3ccc(OC)cc3)O[C@H](CI)[C@@H]3OC(C)(C)O[C@@H]32)cc1. The Morgan fingerprint density at radius 1 is 0.844 bits per heavy atom. The number of hydrogen-bond donors (Lipinski definition) is 0. The average molecular weight is 556 g/mol. The van der Waals surface area contributed by atoms with Crippen LogP contribution >= 0.6 is 22.6 Å². The van der Waals surface area contributed by atoms with Crippen LogP contribution in [0, 0.1) is 0 Å². The molecule has 2 aromatic carbocycles. The summed E-state index contributed by atoms with van der Waals surface area (Å²) < 4.78 is 42.6. The van der Waals surface area contributed by atoms with Crippen molar-refractivity contribution in [1.29, 1.82) is 0 Å². The Kier molecular flexibility index (Phi) is 7.46. The van der Waals surface area contributed by atoms with E-state index in [1.54, 1.807) is 14.2 Å². The molecule has 174 valence electrons. The number of methoxy groups -OCH3 is 2. The second kappa shape index (κ2) is 10.1. The van der Waals surface area contributed by atoms with Gasteiger partial charge in [-0.1, -0.05) is 34.7 Å². The Morgan fingerprint density at radius 3 is 2.00 bits per heavy atom. The zero-order chi connectivity index (χ0) is 22.7. The first kappa shape index (κ1) is 23.6. The Hall–Kier alpha value is -1.59. The summed E-state index contributed by atoms with van der Waals surface area (Å²) in [5, 5.41) is 0. The molecule has 0 N–H and O–H groups in total. The van der Waals surface area contributed by atoms with Gasteiger partial charge in [0.2, 0.25) is 6.29 Å². The summed E-state index contributed by atoms with van der Waals surface area (Å²) in [6, 6.07) is 15.2. The van der Waals surface area contributed by atoms with E-state index in [0.29, 0.717) is 12.4 Å². The molecule has 0 amide bonds. The number of fused-ring (bicyclic) bond motifs is 1. The number of benzene rings is 2. The smallest absolute Gasteiger partial charge is 0.229 e. The monoisotopic (exact) mass is 556 g/mol. The van der Waals surface area contributed by atoms with Crippen LogP contribution in [0.1, 0.15) is 19.4 Å². The van der Waals surface area contributed by atoms with Gasteiger partial charge in [0.05, 0.1) is 26.9 Å². The molecule has 2 aromatic rings. The van der Waals surface area contributed by atoms with Crippen LogP contribution in [0.2, 0.25) is 0 Å². The quantitative estimate of drug-likeness (QED) is 0.354. The van der Waals surface area contributed by atoms with Gasteiger partial charge >= 0.3 is 0 Å². The summed E-state index contributed by atoms with van der Waals surface area (Å²) in [7, 11) is 3.28. The summed E-state index contributed by atoms with van der Waals surface area (Å²) >= 11 is 2.30. The minimum absolute atomic E-state index is 0.175. The zero-order valence-corrected chi connectivity index (χ0v) is 20.8. The summed E-state index contributed by atoms with van der Waals surface area (Å²) in [6.07, 6.45) is -1.87. The largest absolute Gasteiger partial charge is 0.497 e. The molecule has 0 unspecified atom stereocenters. The van der Waals surface area contributed by atoms with Crippen molar-refractivity contribution in [2.24, 2.45) is 0 Å². The highest BCUT2D eigenvalue weighted by Gasteiger charge is 2.56. The van der Waals surface area contributed by atoms with Crippen molar-refractivity contribution < 1.29 is 33.2 Å².